The van der Waals surface area contributed by atoms with E-state index in [4.69, 9.17) is 16.7 Å². The molecule has 4 nitrogen and oxygen atoms in total. The van der Waals surface area contributed by atoms with Gasteiger partial charge in [0.25, 0.3) is 5.91 Å². The Labute approximate surface area is 181 Å². The van der Waals surface area contributed by atoms with E-state index in [0.717, 1.165) is 23.2 Å². The highest BCUT2D eigenvalue weighted by Crippen LogP contribution is 2.57. The van der Waals surface area contributed by atoms with Crippen molar-refractivity contribution in [3.8, 4) is 5.69 Å². The number of hydrogen-bond donors (Lipinski definition) is 1. The second-order valence-electron chi connectivity index (χ2n) is 9.16. The molecule has 1 amide bonds. The fraction of sp³-hybridized carbons (Fsp3) is 0.360. The predicted molar refractivity (Wildman–Crippen MR) is 119 cm³/mol. The first-order chi connectivity index (χ1) is 14.7. The van der Waals surface area contributed by atoms with Crippen LogP contribution in [-0.2, 0) is 0 Å². The summed E-state index contributed by atoms with van der Waals surface area (Å²) in [5, 5.41) is 8.69. The van der Waals surface area contributed by atoms with Gasteiger partial charge in [-0.05, 0) is 86.3 Å². The summed E-state index contributed by atoms with van der Waals surface area (Å²) in [6.45, 7) is 0. The Morgan fingerprint density at radius 3 is 2.27 bits per heavy atom. The molecule has 0 aliphatic heterocycles. The van der Waals surface area contributed by atoms with Crippen LogP contribution in [0.3, 0.4) is 0 Å². The molecule has 2 unspecified atom stereocenters. The SMILES string of the molecule is O=C(Nc1ccccc1)c1nn(-c2ccc(Cl)cc2)c2c1C1CC3CC(C1)CC2C3. The number of nitrogens with zero attached hydrogens (tertiary/aromatic N) is 2. The third kappa shape index (κ3) is 2.97. The zero-order chi connectivity index (χ0) is 20.2. The Morgan fingerprint density at radius 2 is 1.57 bits per heavy atom. The molecule has 2 saturated carbocycles. The highest BCUT2D eigenvalue weighted by molar-refractivity contribution is 6.30. The van der Waals surface area contributed by atoms with Gasteiger partial charge in [0.05, 0.1) is 11.4 Å². The van der Waals surface area contributed by atoms with Crippen LogP contribution in [0.2, 0.25) is 5.02 Å². The quantitative estimate of drug-likeness (QED) is 0.554. The lowest BCUT2D eigenvalue weighted by Crippen LogP contribution is -2.27. The van der Waals surface area contributed by atoms with Crippen LogP contribution in [0.5, 0.6) is 0 Å². The van der Waals surface area contributed by atoms with Gasteiger partial charge < -0.3 is 5.32 Å². The monoisotopic (exact) mass is 417 g/mol. The molecule has 0 radical (unpaired) electrons. The average Bonchev–Trinajstić information content (AvgIpc) is 3.07. The van der Waals surface area contributed by atoms with E-state index in [1.165, 1.54) is 43.4 Å². The first kappa shape index (κ1) is 18.2. The summed E-state index contributed by atoms with van der Waals surface area (Å²) >= 11 is 6.13. The molecule has 4 aliphatic rings. The molecule has 3 aromatic rings. The number of hydrogen-bond acceptors (Lipinski definition) is 2. The average molecular weight is 418 g/mol. The first-order valence-corrected chi connectivity index (χ1v) is 11.3. The summed E-state index contributed by atoms with van der Waals surface area (Å²) < 4.78 is 2.04. The van der Waals surface area contributed by atoms with Crippen molar-refractivity contribution in [3.05, 3.63) is 76.6 Å². The van der Waals surface area contributed by atoms with Crippen LogP contribution in [0.25, 0.3) is 5.69 Å². The zero-order valence-electron chi connectivity index (χ0n) is 16.7. The summed E-state index contributed by atoms with van der Waals surface area (Å²) in [5.74, 6) is 2.38. The first-order valence-electron chi connectivity index (χ1n) is 10.9. The molecule has 2 fully saturated rings. The molecule has 1 N–H and O–H groups in total. The van der Waals surface area contributed by atoms with E-state index in [2.05, 4.69) is 5.32 Å². The van der Waals surface area contributed by atoms with Crippen LogP contribution in [0.15, 0.2) is 54.6 Å². The topological polar surface area (TPSA) is 46.9 Å². The van der Waals surface area contributed by atoms with Crippen LogP contribution >= 0.6 is 11.6 Å². The Bertz CT molecular complexity index is 1090. The maximum absolute atomic E-state index is 13.4. The molecule has 2 aromatic carbocycles. The van der Waals surface area contributed by atoms with Crippen LogP contribution in [0.1, 0.15) is 65.7 Å². The number of benzene rings is 2. The van der Waals surface area contributed by atoms with Crippen molar-refractivity contribution in [2.75, 3.05) is 5.32 Å². The summed E-state index contributed by atoms with van der Waals surface area (Å²) in [5.41, 5.74) is 4.85. The van der Waals surface area contributed by atoms with Gasteiger partial charge in [0.15, 0.2) is 5.69 Å². The fourth-order valence-corrected chi connectivity index (χ4v) is 6.33. The number of carbonyl (C=O) groups excluding carboxylic acids is 1. The van der Waals surface area contributed by atoms with E-state index in [-0.39, 0.29) is 5.91 Å². The predicted octanol–water partition coefficient (Wildman–Crippen LogP) is 6.17. The summed E-state index contributed by atoms with van der Waals surface area (Å²) in [7, 11) is 0. The smallest absolute Gasteiger partial charge is 0.276 e. The molecule has 0 spiro atoms. The summed E-state index contributed by atoms with van der Waals surface area (Å²) in [6, 6.07) is 17.5. The lowest BCUT2D eigenvalue weighted by atomic mass is 9.67. The number of aromatic nitrogens is 2. The van der Waals surface area contributed by atoms with Crippen molar-refractivity contribution in [3.63, 3.8) is 0 Å². The van der Waals surface area contributed by atoms with Crippen molar-refractivity contribution in [2.45, 2.75) is 43.9 Å². The number of amides is 1. The normalized spacial score (nSPS) is 26.3. The molecule has 1 aromatic heterocycles. The number of carbonyl (C=O) groups is 1. The largest absolute Gasteiger partial charge is 0.321 e. The second-order valence-corrected chi connectivity index (χ2v) is 9.60. The third-order valence-electron chi connectivity index (χ3n) is 7.21. The van der Waals surface area contributed by atoms with E-state index in [9.17, 15) is 4.79 Å². The van der Waals surface area contributed by atoms with E-state index in [1.807, 2.05) is 59.3 Å². The maximum atomic E-state index is 13.4. The number of para-hydroxylation sites is 1. The minimum Gasteiger partial charge on any atom is -0.321 e. The van der Waals surface area contributed by atoms with Crippen molar-refractivity contribution in [1.82, 2.24) is 9.78 Å². The van der Waals surface area contributed by atoms with Gasteiger partial charge >= 0.3 is 0 Å². The lowest BCUT2D eigenvalue weighted by Gasteiger charge is -2.38. The molecule has 4 aliphatic carbocycles. The molecule has 152 valence electrons. The molecule has 7 rings (SSSR count). The van der Waals surface area contributed by atoms with Crippen LogP contribution in [-0.4, -0.2) is 15.7 Å². The van der Waals surface area contributed by atoms with Gasteiger partial charge in [-0.15, -0.1) is 0 Å². The molecule has 30 heavy (non-hydrogen) atoms. The summed E-state index contributed by atoms with van der Waals surface area (Å²) in [4.78, 5) is 13.4. The Morgan fingerprint density at radius 1 is 0.900 bits per heavy atom. The van der Waals surface area contributed by atoms with Crippen molar-refractivity contribution in [2.24, 2.45) is 11.8 Å². The Kier molecular flexibility index (Phi) is 4.24. The standard InChI is InChI=1S/C25H24ClN3O/c26-19-6-8-21(9-7-19)29-24-18-13-15-10-16(14-18)12-17(11-15)22(24)23(28-29)25(30)27-20-4-2-1-3-5-20/h1-9,15-18H,10-14H2,(H,27,30). The molecule has 0 saturated heterocycles. The molecule has 2 atom stereocenters. The Hall–Kier alpha value is -2.59. The van der Waals surface area contributed by atoms with E-state index in [1.54, 1.807) is 0 Å². The zero-order valence-corrected chi connectivity index (χ0v) is 17.5. The van der Waals surface area contributed by atoms with Gasteiger partial charge in [-0.3, -0.25) is 4.79 Å². The van der Waals surface area contributed by atoms with Gasteiger partial charge in [0.1, 0.15) is 0 Å². The molecule has 1 heterocycles. The van der Waals surface area contributed by atoms with Gasteiger partial charge in [-0.1, -0.05) is 29.8 Å². The number of rotatable bonds is 3. The fourth-order valence-electron chi connectivity index (χ4n) is 6.21. The number of anilines is 1. The maximum Gasteiger partial charge on any atom is 0.276 e. The van der Waals surface area contributed by atoms with Crippen LogP contribution in [0.4, 0.5) is 5.69 Å². The molecule has 5 heteroatoms. The van der Waals surface area contributed by atoms with Gasteiger partial charge in [0, 0.05) is 22.2 Å². The number of halogens is 1. The van der Waals surface area contributed by atoms with Crippen molar-refractivity contribution < 1.29 is 4.79 Å². The molecule has 4 bridgehead atoms. The highest BCUT2D eigenvalue weighted by atomic mass is 35.5. The number of nitrogens with one attached hydrogen (secondary N) is 1. The minimum atomic E-state index is -0.105. The summed E-state index contributed by atoms with van der Waals surface area (Å²) in [6.07, 6.45) is 6.19. The van der Waals surface area contributed by atoms with E-state index in [0.29, 0.717) is 22.6 Å². The third-order valence-corrected chi connectivity index (χ3v) is 7.46. The van der Waals surface area contributed by atoms with Crippen molar-refractivity contribution in [1.29, 1.82) is 0 Å². The molecular weight excluding hydrogens is 394 g/mol. The Balaban J connectivity index is 1.50. The highest BCUT2D eigenvalue weighted by Gasteiger charge is 2.46. The van der Waals surface area contributed by atoms with E-state index >= 15 is 0 Å². The van der Waals surface area contributed by atoms with E-state index < -0.39 is 0 Å². The van der Waals surface area contributed by atoms with Crippen LogP contribution in [0, 0.1) is 11.8 Å². The van der Waals surface area contributed by atoms with Gasteiger partial charge in [-0.2, -0.15) is 5.10 Å². The van der Waals surface area contributed by atoms with Gasteiger partial charge in [0.2, 0.25) is 0 Å². The molecular formula is C25H24ClN3O. The van der Waals surface area contributed by atoms with Crippen LogP contribution < -0.4 is 5.32 Å². The van der Waals surface area contributed by atoms with Gasteiger partial charge in [-0.25, -0.2) is 4.68 Å². The minimum absolute atomic E-state index is 0.105. The van der Waals surface area contributed by atoms with Crippen molar-refractivity contribution >= 4 is 23.2 Å². The second kappa shape index (κ2) is 6.98. The lowest BCUT2D eigenvalue weighted by molar-refractivity contribution is 0.101.